The zero-order valence-electron chi connectivity index (χ0n) is 18.2. The van der Waals surface area contributed by atoms with Crippen molar-refractivity contribution in [2.24, 2.45) is 0 Å². The number of ether oxygens (including phenoxy) is 2. The number of non-ortho nitro benzene ring substituents is 1. The Morgan fingerprint density at radius 2 is 1.82 bits per heavy atom. The highest BCUT2D eigenvalue weighted by Crippen LogP contribution is 2.41. The second-order valence-corrected chi connectivity index (χ2v) is 8.22. The summed E-state index contributed by atoms with van der Waals surface area (Å²) in [5.74, 6) is 0.397. The van der Waals surface area contributed by atoms with Gasteiger partial charge in [0.2, 0.25) is 0 Å². The highest BCUT2D eigenvalue weighted by atomic mass is 16.6. The van der Waals surface area contributed by atoms with Crippen LogP contribution in [-0.4, -0.2) is 60.1 Å². The van der Waals surface area contributed by atoms with Crippen LogP contribution in [0.2, 0.25) is 0 Å². The summed E-state index contributed by atoms with van der Waals surface area (Å²) in [4.78, 5) is 40.1. The van der Waals surface area contributed by atoms with E-state index in [2.05, 4.69) is 4.90 Å². The molecule has 1 aliphatic heterocycles. The molecule has 0 radical (unpaired) electrons. The molecule has 1 aromatic heterocycles. The van der Waals surface area contributed by atoms with E-state index >= 15 is 0 Å². The standard InChI is InChI=1S/C24H23N3O6/c1-32-16-4-6-18-19(14-16)22-21(23(18)28)17-5-3-15(27(30)31)13-20(17)24(29)26(22)8-2-7-25-9-11-33-12-10-25/h3-6,13-14H,2,7-12H2,1H3. The number of hydrogen-bond acceptors (Lipinski definition) is 7. The maximum Gasteiger partial charge on any atom is 0.270 e. The summed E-state index contributed by atoms with van der Waals surface area (Å²) in [6.07, 6.45) is 0.695. The summed E-state index contributed by atoms with van der Waals surface area (Å²) in [5.41, 5.74) is 1.61. The van der Waals surface area contributed by atoms with Gasteiger partial charge in [-0.1, -0.05) is 0 Å². The molecular weight excluding hydrogens is 426 g/mol. The van der Waals surface area contributed by atoms with Crippen molar-refractivity contribution in [1.29, 1.82) is 0 Å². The molecular formula is C24H23N3O6. The van der Waals surface area contributed by atoms with E-state index in [0.717, 1.165) is 19.6 Å². The van der Waals surface area contributed by atoms with Gasteiger partial charge in [0.25, 0.3) is 11.2 Å². The van der Waals surface area contributed by atoms with E-state index in [1.54, 1.807) is 29.9 Å². The molecule has 1 fully saturated rings. The Hall–Kier alpha value is -3.56. The van der Waals surface area contributed by atoms with E-state index in [4.69, 9.17) is 9.47 Å². The van der Waals surface area contributed by atoms with Crippen molar-refractivity contribution in [1.82, 2.24) is 9.47 Å². The Kier molecular flexibility index (Phi) is 5.43. The minimum absolute atomic E-state index is 0.177. The van der Waals surface area contributed by atoms with E-state index in [1.807, 2.05) is 0 Å². The molecule has 0 saturated carbocycles. The predicted molar refractivity (Wildman–Crippen MR) is 122 cm³/mol. The van der Waals surface area contributed by atoms with Crippen molar-refractivity contribution in [3.8, 4) is 17.0 Å². The largest absolute Gasteiger partial charge is 0.497 e. The Labute approximate surface area is 189 Å². The van der Waals surface area contributed by atoms with Crippen LogP contribution in [0.1, 0.15) is 22.3 Å². The van der Waals surface area contributed by atoms with E-state index in [0.29, 0.717) is 59.7 Å². The second-order valence-electron chi connectivity index (χ2n) is 8.22. The number of benzene rings is 2. The van der Waals surface area contributed by atoms with Crippen molar-refractivity contribution in [2.45, 2.75) is 13.0 Å². The average molecular weight is 449 g/mol. The lowest BCUT2D eigenvalue weighted by Gasteiger charge is -2.26. The van der Waals surface area contributed by atoms with Crippen molar-refractivity contribution >= 4 is 22.2 Å². The molecule has 9 heteroatoms. The minimum Gasteiger partial charge on any atom is -0.497 e. The number of pyridine rings is 1. The zero-order chi connectivity index (χ0) is 23.1. The number of ketones is 1. The summed E-state index contributed by atoms with van der Waals surface area (Å²) < 4.78 is 12.4. The Morgan fingerprint density at radius 3 is 2.55 bits per heavy atom. The molecule has 1 saturated heterocycles. The van der Waals surface area contributed by atoms with Crippen molar-refractivity contribution in [2.75, 3.05) is 40.0 Å². The summed E-state index contributed by atoms with van der Waals surface area (Å²) in [7, 11) is 1.55. The number of nitro benzene ring substituents is 1. The number of carbonyl (C=O) groups is 1. The van der Waals surface area contributed by atoms with Crippen LogP contribution < -0.4 is 10.3 Å². The zero-order valence-corrected chi connectivity index (χ0v) is 18.2. The fourth-order valence-electron chi connectivity index (χ4n) is 4.73. The number of methoxy groups -OCH3 is 1. The quantitative estimate of drug-likeness (QED) is 0.329. The maximum atomic E-state index is 13.6. The van der Waals surface area contributed by atoms with E-state index in [-0.39, 0.29) is 22.4 Å². The normalized spacial score (nSPS) is 15.5. The number of morpholine rings is 1. The van der Waals surface area contributed by atoms with Gasteiger partial charge in [0.05, 0.1) is 41.9 Å². The lowest BCUT2D eigenvalue weighted by atomic mass is 10.0. The molecule has 0 atom stereocenters. The molecule has 1 aliphatic carbocycles. The average Bonchev–Trinajstić information content (AvgIpc) is 3.13. The van der Waals surface area contributed by atoms with Gasteiger partial charge in [-0.15, -0.1) is 0 Å². The predicted octanol–water partition coefficient (Wildman–Crippen LogP) is 2.85. The van der Waals surface area contributed by atoms with Gasteiger partial charge in [0.15, 0.2) is 5.78 Å². The van der Waals surface area contributed by atoms with Crippen LogP contribution in [0, 0.1) is 10.1 Å². The first kappa shape index (κ1) is 21.3. The molecule has 0 spiro atoms. The molecule has 0 unspecified atom stereocenters. The number of nitrogens with zero attached hydrogens (tertiary/aromatic N) is 3. The third kappa shape index (κ3) is 3.59. The number of rotatable bonds is 6. The Morgan fingerprint density at radius 1 is 1.03 bits per heavy atom. The van der Waals surface area contributed by atoms with Crippen LogP contribution >= 0.6 is 0 Å². The Bertz CT molecular complexity index is 1340. The first-order chi connectivity index (χ1) is 16.0. The number of hydrogen-bond donors (Lipinski definition) is 0. The molecule has 170 valence electrons. The minimum atomic E-state index is -0.531. The first-order valence-electron chi connectivity index (χ1n) is 10.9. The van der Waals surface area contributed by atoms with Gasteiger partial charge >= 0.3 is 0 Å². The van der Waals surface area contributed by atoms with Gasteiger partial charge in [-0.2, -0.15) is 0 Å². The third-order valence-electron chi connectivity index (χ3n) is 6.38. The van der Waals surface area contributed by atoms with Gasteiger partial charge in [-0.3, -0.25) is 24.6 Å². The molecule has 5 rings (SSSR count). The molecule has 0 N–H and O–H groups in total. The SMILES string of the molecule is COc1ccc2c(c1)-c1c(c3ccc([N+](=O)[O-])cc3c(=O)n1CCCN1CCOCC1)C2=O. The topological polar surface area (TPSA) is 104 Å². The molecule has 3 aromatic rings. The molecule has 2 heterocycles. The third-order valence-corrected chi connectivity index (χ3v) is 6.38. The lowest BCUT2D eigenvalue weighted by molar-refractivity contribution is -0.384. The molecule has 0 bridgehead atoms. The molecule has 2 aromatic carbocycles. The maximum absolute atomic E-state index is 13.6. The highest BCUT2D eigenvalue weighted by molar-refractivity contribution is 6.26. The van der Waals surface area contributed by atoms with Crippen LogP contribution in [0.25, 0.3) is 22.0 Å². The number of nitro groups is 1. The van der Waals surface area contributed by atoms with Crippen molar-refractivity contribution < 1.29 is 19.2 Å². The summed E-state index contributed by atoms with van der Waals surface area (Å²) in [5, 5.41) is 12.0. The van der Waals surface area contributed by atoms with E-state index in [9.17, 15) is 19.7 Å². The molecule has 9 nitrogen and oxygen atoms in total. The lowest BCUT2D eigenvalue weighted by Crippen LogP contribution is -2.37. The summed E-state index contributed by atoms with van der Waals surface area (Å²) in [6.45, 7) is 4.25. The molecule has 0 amide bonds. The van der Waals surface area contributed by atoms with E-state index < -0.39 is 4.92 Å². The van der Waals surface area contributed by atoms with E-state index in [1.165, 1.54) is 18.2 Å². The number of fused-ring (bicyclic) bond motifs is 5. The van der Waals surface area contributed by atoms with Crippen molar-refractivity contribution in [3.63, 3.8) is 0 Å². The Balaban J connectivity index is 1.66. The van der Waals surface area contributed by atoms with Crippen LogP contribution in [0.15, 0.2) is 41.2 Å². The van der Waals surface area contributed by atoms with Crippen LogP contribution in [0.5, 0.6) is 5.75 Å². The fraction of sp³-hybridized carbons (Fsp3) is 0.333. The van der Waals surface area contributed by atoms with Crippen LogP contribution in [-0.2, 0) is 11.3 Å². The second kappa shape index (κ2) is 8.42. The number of aromatic nitrogens is 1. The van der Waals surface area contributed by atoms with Gasteiger partial charge in [-0.05, 0) is 30.7 Å². The monoisotopic (exact) mass is 449 g/mol. The molecule has 2 aliphatic rings. The first-order valence-corrected chi connectivity index (χ1v) is 10.9. The van der Waals surface area contributed by atoms with Gasteiger partial charge in [0.1, 0.15) is 5.75 Å². The molecule has 33 heavy (non-hydrogen) atoms. The van der Waals surface area contributed by atoms with Crippen LogP contribution in [0.3, 0.4) is 0 Å². The van der Waals surface area contributed by atoms with Gasteiger partial charge in [0, 0.05) is 54.8 Å². The highest BCUT2D eigenvalue weighted by Gasteiger charge is 2.33. The van der Waals surface area contributed by atoms with Gasteiger partial charge in [-0.25, -0.2) is 0 Å². The summed E-state index contributed by atoms with van der Waals surface area (Å²) in [6, 6.07) is 9.31. The smallest absolute Gasteiger partial charge is 0.270 e. The fourth-order valence-corrected chi connectivity index (χ4v) is 4.73. The number of carbonyl (C=O) groups excluding carboxylic acids is 1. The van der Waals surface area contributed by atoms with Crippen LogP contribution in [0.4, 0.5) is 5.69 Å². The summed E-state index contributed by atoms with van der Waals surface area (Å²) >= 11 is 0. The van der Waals surface area contributed by atoms with Gasteiger partial charge < -0.3 is 14.0 Å². The van der Waals surface area contributed by atoms with Crippen molar-refractivity contribution in [3.05, 3.63) is 68.0 Å².